The Bertz CT molecular complexity index is 1220. The zero-order valence-corrected chi connectivity index (χ0v) is 20.1. The van der Waals surface area contributed by atoms with Gasteiger partial charge < -0.3 is 4.84 Å². The second-order valence-electron chi connectivity index (χ2n) is 7.64. The first kappa shape index (κ1) is 23.7. The molecule has 0 N–H and O–H groups in total. The molecule has 0 aromatic heterocycles. The third kappa shape index (κ3) is 4.62. The highest BCUT2D eigenvalue weighted by Crippen LogP contribution is 2.28. The van der Waals surface area contributed by atoms with Crippen LogP contribution >= 0.6 is 23.2 Å². The molecule has 6 heteroatoms. The summed E-state index contributed by atoms with van der Waals surface area (Å²) in [5.74, 6) is -1.05. The fourth-order valence-electron chi connectivity index (χ4n) is 3.54. The van der Waals surface area contributed by atoms with Crippen molar-refractivity contribution in [3.05, 3.63) is 103 Å². The van der Waals surface area contributed by atoms with E-state index in [0.29, 0.717) is 16.1 Å². The summed E-state index contributed by atoms with van der Waals surface area (Å²) in [4.78, 5) is 31.4. The van der Waals surface area contributed by atoms with Gasteiger partial charge in [0.2, 0.25) is 5.78 Å². The molecule has 0 amide bonds. The zero-order valence-electron chi connectivity index (χ0n) is 18.5. The number of oxime groups is 1. The SMILES string of the molecule is Cc1c(C)c(C)c(C(=O)/C(=N/OC(=O)c2ccc(Cl)c(Cl)c2)c2ccccc2)c(C)c1C. The summed E-state index contributed by atoms with van der Waals surface area (Å²) in [6.45, 7) is 9.89. The van der Waals surface area contributed by atoms with Gasteiger partial charge in [0.1, 0.15) is 0 Å². The third-order valence-electron chi connectivity index (χ3n) is 5.86. The Hall–Kier alpha value is -2.95. The summed E-state index contributed by atoms with van der Waals surface area (Å²) in [6, 6.07) is 13.3. The highest BCUT2D eigenvalue weighted by Gasteiger charge is 2.24. The number of halogens is 2. The Kier molecular flexibility index (Phi) is 7.17. The predicted molar refractivity (Wildman–Crippen MR) is 129 cm³/mol. The van der Waals surface area contributed by atoms with E-state index < -0.39 is 5.97 Å². The number of hydrogen-bond acceptors (Lipinski definition) is 4. The van der Waals surface area contributed by atoms with Gasteiger partial charge in [-0.15, -0.1) is 0 Å². The summed E-state index contributed by atoms with van der Waals surface area (Å²) in [6.07, 6.45) is 0. The molecule has 32 heavy (non-hydrogen) atoms. The van der Waals surface area contributed by atoms with E-state index in [1.54, 1.807) is 24.3 Å². The fraction of sp³-hybridized carbons (Fsp3) is 0.192. The molecule has 3 rings (SSSR count). The van der Waals surface area contributed by atoms with Crippen molar-refractivity contribution in [3.8, 4) is 0 Å². The molecule has 0 saturated heterocycles. The van der Waals surface area contributed by atoms with Gasteiger partial charge in [0, 0.05) is 11.1 Å². The Morgan fingerprint density at radius 1 is 0.719 bits per heavy atom. The lowest BCUT2D eigenvalue weighted by Gasteiger charge is -2.18. The van der Waals surface area contributed by atoms with Gasteiger partial charge >= 0.3 is 5.97 Å². The molecular formula is C26H23Cl2NO3. The van der Waals surface area contributed by atoms with Gasteiger partial charge in [-0.05, 0) is 80.6 Å². The minimum atomic E-state index is -0.741. The van der Waals surface area contributed by atoms with Crippen LogP contribution in [0.1, 0.15) is 54.1 Å². The second-order valence-corrected chi connectivity index (χ2v) is 8.46. The van der Waals surface area contributed by atoms with Gasteiger partial charge in [0.05, 0.1) is 15.6 Å². The minimum Gasteiger partial charge on any atom is -0.312 e. The minimum absolute atomic E-state index is 0.0489. The monoisotopic (exact) mass is 467 g/mol. The first-order chi connectivity index (χ1) is 15.1. The van der Waals surface area contributed by atoms with Crippen LogP contribution < -0.4 is 0 Å². The van der Waals surface area contributed by atoms with Crippen molar-refractivity contribution in [1.82, 2.24) is 0 Å². The number of benzene rings is 3. The molecule has 0 spiro atoms. The molecule has 0 aliphatic heterocycles. The summed E-state index contributed by atoms with van der Waals surface area (Å²) < 4.78 is 0. The number of carbonyl (C=O) groups is 2. The average molecular weight is 468 g/mol. The Morgan fingerprint density at radius 2 is 1.28 bits per heavy atom. The molecule has 0 bridgehead atoms. The van der Waals surface area contributed by atoms with Gasteiger partial charge in [0.25, 0.3) is 0 Å². The highest BCUT2D eigenvalue weighted by molar-refractivity contribution is 6.52. The van der Waals surface area contributed by atoms with Crippen LogP contribution in [0.2, 0.25) is 10.0 Å². The molecule has 164 valence electrons. The molecule has 0 aliphatic carbocycles. The van der Waals surface area contributed by atoms with E-state index in [0.717, 1.165) is 27.8 Å². The van der Waals surface area contributed by atoms with Crippen LogP contribution in [-0.2, 0) is 4.84 Å². The Labute approximate surface area is 197 Å². The van der Waals surface area contributed by atoms with Crippen LogP contribution in [0, 0.1) is 34.6 Å². The fourth-order valence-corrected chi connectivity index (χ4v) is 3.84. The molecule has 0 radical (unpaired) electrons. The van der Waals surface area contributed by atoms with E-state index in [1.807, 2.05) is 40.7 Å². The lowest BCUT2D eigenvalue weighted by atomic mass is 9.86. The van der Waals surface area contributed by atoms with E-state index in [2.05, 4.69) is 5.16 Å². The normalized spacial score (nSPS) is 11.4. The zero-order chi connectivity index (χ0) is 23.6. The van der Waals surface area contributed by atoms with Crippen molar-refractivity contribution < 1.29 is 14.4 Å². The molecule has 4 nitrogen and oxygen atoms in total. The number of carbonyl (C=O) groups excluding carboxylic acids is 2. The highest BCUT2D eigenvalue weighted by atomic mass is 35.5. The number of Topliss-reactive ketones (excluding diaryl/α,β-unsaturated/α-hetero) is 1. The molecule has 0 saturated carbocycles. The standard InChI is InChI=1S/C26H23Cl2NO3/c1-14-15(2)17(4)23(18(5)16(14)3)25(30)24(19-9-7-6-8-10-19)29-32-26(31)20-11-12-21(27)22(28)13-20/h6-13H,1-5H3/b29-24+. The molecule has 0 aliphatic rings. The maximum atomic E-state index is 13.7. The summed E-state index contributed by atoms with van der Waals surface area (Å²) in [5, 5.41) is 4.55. The Balaban J connectivity index is 2.07. The van der Waals surface area contributed by atoms with E-state index in [-0.39, 0.29) is 22.1 Å². The van der Waals surface area contributed by atoms with Crippen molar-refractivity contribution in [1.29, 1.82) is 0 Å². The third-order valence-corrected chi connectivity index (χ3v) is 6.60. The summed E-state index contributed by atoms with van der Waals surface area (Å²) >= 11 is 11.9. The molecule has 0 heterocycles. The van der Waals surface area contributed by atoms with Gasteiger partial charge in [-0.25, -0.2) is 4.79 Å². The van der Waals surface area contributed by atoms with Crippen LogP contribution in [0.3, 0.4) is 0 Å². The Morgan fingerprint density at radius 3 is 1.84 bits per heavy atom. The number of rotatable bonds is 5. The van der Waals surface area contributed by atoms with E-state index in [4.69, 9.17) is 28.0 Å². The smallest absolute Gasteiger partial charge is 0.312 e. The first-order valence-electron chi connectivity index (χ1n) is 10.0. The van der Waals surface area contributed by atoms with E-state index >= 15 is 0 Å². The van der Waals surface area contributed by atoms with Gasteiger partial charge in [-0.2, -0.15) is 0 Å². The molecular weight excluding hydrogens is 445 g/mol. The van der Waals surface area contributed by atoms with Crippen molar-refractivity contribution >= 4 is 40.7 Å². The lowest BCUT2D eigenvalue weighted by molar-refractivity contribution is 0.0516. The van der Waals surface area contributed by atoms with Crippen LogP contribution in [0.4, 0.5) is 0 Å². The quantitative estimate of drug-likeness (QED) is 0.176. The van der Waals surface area contributed by atoms with E-state index in [1.165, 1.54) is 18.2 Å². The van der Waals surface area contributed by atoms with Gasteiger partial charge in [-0.3, -0.25) is 4.79 Å². The van der Waals surface area contributed by atoms with Crippen molar-refractivity contribution in [2.45, 2.75) is 34.6 Å². The number of hydrogen-bond donors (Lipinski definition) is 0. The van der Waals surface area contributed by atoms with Crippen molar-refractivity contribution in [2.24, 2.45) is 5.16 Å². The second kappa shape index (κ2) is 9.68. The summed E-state index contributed by atoms with van der Waals surface area (Å²) in [5.41, 5.74) is 6.37. The first-order valence-corrected chi connectivity index (χ1v) is 10.8. The molecule has 0 unspecified atom stereocenters. The molecule has 0 fully saturated rings. The van der Waals surface area contributed by atoms with Crippen LogP contribution in [0.5, 0.6) is 0 Å². The molecule has 0 atom stereocenters. The molecule has 3 aromatic carbocycles. The lowest BCUT2D eigenvalue weighted by Crippen LogP contribution is -2.21. The largest absolute Gasteiger partial charge is 0.365 e. The van der Waals surface area contributed by atoms with Crippen LogP contribution in [-0.4, -0.2) is 17.5 Å². The number of ketones is 1. The average Bonchev–Trinajstić information content (AvgIpc) is 2.79. The maximum absolute atomic E-state index is 13.7. The van der Waals surface area contributed by atoms with Gasteiger partial charge in [0.15, 0.2) is 5.71 Å². The van der Waals surface area contributed by atoms with Crippen molar-refractivity contribution in [3.63, 3.8) is 0 Å². The van der Waals surface area contributed by atoms with Crippen LogP contribution in [0.15, 0.2) is 53.7 Å². The maximum Gasteiger partial charge on any atom is 0.365 e. The van der Waals surface area contributed by atoms with Gasteiger partial charge in [-0.1, -0.05) is 58.7 Å². The van der Waals surface area contributed by atoms with Crippen molar-refractivity contribution in [2.75, 3.05) is 0 Å². The number of nitrogens with zero attached hydrogens (tertiary/aromatic N) is 1. The summed E-state index contributed by atoms with van der Waals surface area (Å²) in [7, 11) is 0. The topological polar surface area (TPSA) is 55.7 Å². The van der Waals surface area contributed by atoms with Crippen LogP contribution in [0.25, 0.3) is 0 Å². The predicted octanol–water partition coefficient (Wildman–Crippen LogP) is 6.98. The molecule has 3 aromatic rings. The van der Waals surface area contributed by atoms with E-state index in [9.17, 15) is 9.59 Å².